The molecular formula is C38H45N5O5. The SMILES string of the molecule is COc1cc(C(=O)N(C)CC(CCN2CCC(Nc3nc4ccccc4n3Cc3ccoc3)CC2)c2ccccc2)cc(OC)c1OC. The summed E-state index contributed by atoms with van der Waals surface area (Å²) in [5.41, 5.74) is 4.93. The molecule has 1 fully saturated rings. The number of para-hydroxylation sites is 2. The molecule has 0 saturated carbocycles. The number of anilines is 1. The first-order chi connectivity index (χ1) is 23.5. The number of furan rings is 1. The zero-order valence-corrected chi connectivity index (χ0v) is 28.2. The summed E-state index contributed by atoms with van der Waals surface area (Å²) in [5.74, 6) is 2.37. The first-order valence-corrected chi connectivity index (χ1v) is 16.5. The molecule has 3 aromatic carbocycles. The number of rotatable bonds is 14. The molecule has 1 aliphatic heterocycles. The van der Waals surface area contributed by atoms with Crippen LogP contribution in [-0.4, -0.2) is 85.9 Å². The second-order valence-corrected chi connectivity index (χ2v) is 12.4. The number of hydrogen-bond donors (Lipinski definition) is 1. The number of piperidine rings is 1. The smallest absolute Gasteiger partial charge is 0.253 e. The Hall–Kier alpha value is -4.96. The standard InChI is InChI=1S/C38H45N5O5/c1-41(37(44)30-22-34(45-2)36(47-4)35(23-30)46-3)25-29(28-10-6-5-7-11-28)14-18-42-19-15-31(16-20-42)39-38-40-32-12-8-9-13-33(32)43(38)24-27-17-21-48-26-27/h5-13,17,21-23,26,29,31H,14-16,18-20,24-25H2,1-4H3,(H,39,40). The second-order valence-electron chi connectivity index (χ2n) is 12.4. The van der Waals surface area contributed by atoms with Gasteiger partial charge in [0.25, 0.3) is 5.91 Å². The van der Waals surface area contributed by atoms with Gasteiger partial charge in [-0.3, -0.25) is 4.79 Å². The van der Waals surface area contributed by atoms with E-state index in [1.54, 1.807) is 50.9 Å². The third-order valence-corrected chi connectivity index (χ3v) is 9.31. The van der Waals surface area contributed by atoms with E-state index in [9.17, 15) is 4.79 Å². The fraction of sp³-hybridized carbons (Fsp3) is 0.368. The number of carbonyl (C=O) groups excluding carboxylic acids is 1. The van der Waals surface area contributed by atoms with E-state index < -0.39 is 0 Å². The van der Waals surface area contributed by atoms with Crippen LogP contribution in [0.1, 0.15) is 46.7 Å². The van der Waals surface area contributed by atoms with Crippen molar-refractivity contribution in [1.82, 2.24) is 19.4 Å². The number of likely N-dealkylation sites (N-methyl/N-ethyl adjacent to an activating group) is 1. The molecule has 3 heterocycles. The normalized spacial score (nSPS) is 14.5. The maximum Gasteiger partial charge on any atom is 0.253 e. The van der Waals surface area contributed by atoms with Crippen molar-refractivity contribution in [2.24, 2.45) is 0 Å². The molecule has 1 saturated heterocycles. The fourth-order valence-corrected chi connectivity index (χ4v) is 6.66. The van der Waals surface area contributed by atoms with Gasteiger partial charge in [-0.25, -0.2) is 4.98 Å². The van der Waals surface area contributed by atoms with Crippen LogP contribution in [0.5, 0.6) is 17.2 Å². The molecule has 10 heteroatoms. The molecule has 1 aliphatic rings. The van der Waals surface area contributed by atoms with Crippen molar-refractivity contribution >= 4 is 22.9 Å². The van der Waals surface area contributed by atoms with Crippen molar-refractivity contribution in [1.29, 1.82) is 0 Å². The maximum absolute atomic E-state index is 13.7. The Labute approximate surface area is 282 Å². The number of imidazole rings is 1. The summed E-state index contributed by atoms with van der Waals surface area (Å²) < 4.78 is 24.0. The van der Waals surface area contributed by atoms with Crippen LogP contribution in [0.3, 0.4) is 0 Å². The van der Waals surface area contributed by atoms with E-state index in [1.165, 1.54) is 5.56 Å². The lowest BCUT2D eigenvalue weighted by molar-refractivity contribution is 0.0781. The lowest BCUT2D eigenvalue weighted by Gasteiger charge is -2.34. The Morgan fingerprint density at radius 1 is 0.979 bits per heavy atom. The number of carbonyl (C=O) groups is 1. The van der Waals surface area contributed by atoms with Crippen molar-refractivity contribution in [3.8, 4) is 17.2 Å². The Morgan fingerprint density at radius 2 is 1.69 bits per heavy atom. The number of nitrogens with zero attached hydrogens (tertiary/aromatic N) is 4. The highest BCUT2D eigenvalue weighted by Crippen LogP contribution is 2.38. The van der Waals surface area contributed by atoms with E-state index in [0.717, 1.165) is 61.4 Å². The number of nitrogens with one attached hydrogen (secondary N) is 1. The monoisotopic (exact) mass is 651 g/mol. The summed E-state index contributed by atoms with van der Waals surface area (Å²) in [6, 6.07) is 24.5. The van der Waals surface area contributed by atoms with Gasteiger partial charge in [-0.15, -0.1) is 0 Å². The lowest BCUT2D eigenvalue weighted by atomic mass is 9.94. The fourth-order valence-electron chi connectivity index (χ4n) is 6.66. The molecule has 0 aliphatic carbocycles. The Balaban J connectivity index is 1.08. The average Bonchev–Trinajstić information content (AvgIpc) is 3.77. The van der Waals surface area contributed by atoms with Crippen LogP contribution >= 0.6 is 0 Å². The number of likely N-dealkylation sites (tertiary alicyclic amines) is 1. The summed E-state index contributed by atoms with van der Waals surface area (Å²) in [4.78, 5) is 22.9. The van der Waals surface area contributed by atoms with Crippen molar-refractivity contribution < 1.29 is 23.4 Å². The van der Waals surface area contributed by atoms with Crippen molar-refractivity contribution in [3.05, 3.63) is 102 Å². The van der Waals surface area contributed by atoms with Gasteiger partial charge in [0.15, 0.2) is 11.5 Å². The minimum Gasteiger partial charge on any atom is -0.493 e. The Morgan fingerprint density at radius 3 is 2.35 bits per heavy atom. The highest BCUT2D eigenvalue weighted by atomic mass is 16.5. The van der Waals surface area contributed by atoms with Crippen LogP contribution in [0.4, 0.5) is 5.95 Å². The second kappa shape index (κ2) is 15.3. The first-order valence-electron chi connectivity index (χ1n) is 16.5. The molecule has 10 nitrogen and oxygen atoms in total. The Bertz CT molecular complexity index is 1760. The van der Waals surface area contributed by atoms with E-state index in [4.69, 9.17) is 23.6 Å². The largest absolute Gasteiger partial charge is 0.493 e. The van der Waals surface area contributed by atoms with E-state index in [2.05, 4.69) is 57.2 Å². The van der Waals surface area contributed by atoms with Gasteiger partial charge in [0.2, 0.25) is 11.7 Å². The molecule has 5 aromatic rings. The number of ether oxygens (including phenoxy) is 3. The summed E-state index contributed by atoms with van der Waals surface area (Å²) in [5, 5.41) is 3.76. The number of fused-ring (bicyclic) bond motifs is 1. The minimum absolute atomic E-state index is 0.0964. The van der Waals surface area contributed by atoms with Gasteiger partial charge in [-0.1, -0.05) is 42.5 Å². The topological polar surface area (TPSA) is 94.2 Å². The van der Waals surface area contributed by atoms with Gasteiger partial charge in [0, 0.05) is 49.8 Å². The van der Waals surface area contributed by atoms with Gasteiger partial charge in [-0.2, -0.15) is 0 Å². The molecule has 1 unspecified atom stereocenters. The van der Waals surface area contributed by atoms with Crippen LogP contribution in [0, 0.1) is 0 Å². The van der Waals surface area contributed by atoms with Crippen LogP contribution in [0.25, 0.3) is 11.0 Å². The summed E-state index contributed by atoms with van der Waals surface area (Å²) in [6.07, 6.45) is 6.51. The molecule has 2 aromatic heterocycles. The molecule has 6 rings (SSSR count). The summed E-state index contributed by atoms with van der Waals surface area (Å²) in [6.45, 7) is 4.25. The average molecular weight is 652 g/mol. The van der Waals surface area contributed by atoms with Gasteiger partial charge in [0.1, 0.15) is 0 Å². The van der Waals surface area contributed by atoms with E-state index >= 15 is 0 Å². The highest BCUT2D eigenvalue weighted by Gasteiger charge is 2.25. The third-order valence-electron chi connectivity index (χ3n) is 9.31. The lowest BCUT2D eigenvalue weighted by Crippen LogP contribution is -2.40. The van der Waals surface area contributed by atoms with Gasteiger partial charge >= 0.3 is 0 Å². The van der Waals surface area contributed by atoms with Crippen LogP contribution < -0.4 is 19.5 Å². The third kappa shape index (κ3) is 7.44. The highest BCUT2D eigenvalue weighted by molar-refractivity contribution is 5.95. The first kappa shape index (κ1) is 33.0. The number of amides is 1. The van der Waals surface area contributed by atoms with Crippen molar-refractivity contribution in [2.75, 3.05) is 59.9 Å². The Kier molecular flexibility index (Phi) is 10.5. The maximum atomic E-state index is 13.7. The molecule has 252 valence electrons. The quantitative estimate of drug-likeness (QED) is 0.145. The van der Waals surface area contributed by atoms with E-state index in [1.807, 2.05) is 25.2 Å². The summed E-state index contributed by atoms with van der Waals surface area (Å²) in [7, 11) is 6.52. The zero-order valence-electron chi connectivity index (χ0n) is 28.2. The predicted octanol–water partition coefficient (Wildman–Crippen LogP) is 6.53. The molecule has 1 atom stereocenters. The van der Waals surface area contributed by atoms with E-state index in [0.29, 0.717) is 41.9 Å². The molecule has 1 amide bonds. The van der Waals surface area contributed by atoms with Gasteiger partial charge < -0.3 is 38.3 Å². The number of hydrogen-bond acceptors (Lipinski definition) is 8. The van der Waals surface area contributed by atoms with Crippen molar-refractivity contribution in [3.63, 3.8) is 0 Å². The molecule has 0 spiro atoms. The van der Waals surface area contributed by atoms with Crippen LogP contribution in [-0.2, 0) is 6.54 Å². The number of aromatic nitrogens is 2. The molecule has 0 radical (unpaired) electrons. The van der Waals surface area contributed by atoms with Gasteiger partial charge in [-0.05, 0) is 61.7 Å². The van der Waals surface area contributed by atoms with Gasteiger partial charge in [0.05, 0.1) is 51.4 Å². The summed E-state index contributed by atoms with van der Waals surface area (Å²) >= 11 is 0. The molecule has 48 heavy (non-hydrogen) atoms. The van der Waals surface area contributed by atoms with E-state index in [-0.39, 0.29) is 11.8 Å². The molecule has 0 bridgehead atoms. The van der Waals surface area contributed by atoms with Crippen molar-refractivity contribution in [2.45, 2.75) is 37.8 Å². The van der Waals surface area contributed by atoms with Crippen LogP contribution in [0.2, 0.25) is 0 Å². The zero-order chi connectivity index (χ0) is 33.5. The minimum atomic E-state index is -0.0964. The number of methoxy groups -OCH3 is 3. The molecule has 1 N–H and O–H groups in total. The predicted molar refractivity (Wildman–Crippen MR) is 187 cm³/mol. The molecular weight excluding hydrogens is 606 g/mol. The number of benzene rings is 3. The van der Waals surface area contributed by atoms with Crippen LogP contribution in [0.15, 0.2) is 89.7 Å².